The van der Waals surface area contributed by atoms with E-state index < -0.39 is 0 Å². The van der Waals surface area contributed by atoms with Gasteiger partial charge in [0.25, 0.3) is 0 Å². The quantitative estimate of drug-likeness (QED) is 0.384. The molecule has 1 aromatic carbocycles. The van der Waals surface area contributed by atoms with E-state index in [1.54, 1.807) is 11.3 Å². The summed E-state index contributed by atoms with van der Waals surface area (Å²) in [6, 6.07) is 7.50. The molecule has 1 amide bonds. The first-order valence-corrected chi connectivity index (χ1v) is 12.4. The van der Waals surface area contributed by atoms with Crippen molar-refractivity contribution >= 4 is 66.5 Å². The van der Waals surface area contributed by atoms with E-state index in [0.717, 1.165) is 38.3 Å². The highest BCUT2D eigenvalue weighted by Crippen LogP contribution is 2.40. The monoisotopic (exact) mass is 517 g/mol. The second-order valence-corrected chi connectivity index (χ2v) is 11.0. The first-order valence-electron chi connectivity index (χ1n) is 9.79. The lowest BCUT2D eigenvalue weighted by Gasteiger charge is -2.30. The first kappa shape index (κ1) is 20.9. The molecule has 0 spiro atoms. The second-order valence-electron chi connectivity index (χ2n) is 8.05. The first-order chi connectivity index (χ1) is 14.8. The van der Waals surface area contributed by atoms with Gasteiger partial charge in [0.05, 0.1) is 23.3 Å². The van der Waals surface area contributed by atoms with Gasteiger partial charge in [0.15, 0.2) is 10.8 Å². The lowest BCUT2D eigenvalue weighted by Crippen LogP contribution is -2.31. The van der Waals surface area contributed by atoms with Gasteiger partial charge in [-0.2, -0.15) is 0 Å². The highest BCUT2D eigenvalue weighted by Gasteiger charge is 2.31. The molecule has 0 bridgehead atoms. The average molecular weight is 518 g/mol. The molecule has 4 heterocycles. The smallest absolute Gasteiger partial charge is 0.234 e. The van der Waals surface area contributed by atoms with Gasteiger partial charge in [0.1, 0.15) is 10.7 Å². The number of benzene rings is 1. The molecule has 31 heavy (non-hydrogen) atoms. The normalized spacial score (nSPS) is 15.4. The number of ether oxygens (including phenoxy) is 1. The highest BCUT2D eigenvalue weighted by molar-refractivity contribution is 9.10. The van der Waals surface area contributed by atoms with Crippen LogP contribution in [0.4, 0.5) is 5.69 Å². The van der Waals surface area contributed by atoms with Crippen molar-refractivity contribution in [1.29, 1.82) is 0 Å². The molecule has 0 saturated carbocycles. The predicted molar refractivity (Wildman–Crippen MR) is 127 cm³/mol. The molecule has 5 rings (SSSR count). The third kappa shape index (κ3) is 3.97. The Bertz CT molecular complexity index is 1310. The van der Waals surface area contributed by atoms with Crippen LogP contribution in [0.25, 0.3) is 15.9 Å². The van der Waals surface area contributed by atoms with Gasteiger partial charge in [-0.25, -0.2) is 4.98 Å². The summed E-state index contributed by atoms with van der Waals surface area (Å²) in [6.45, 7) is 6.75. The Balaban J connectivity index is 1.44. The van der Waals surface area contributed by atoms with Crippen LogP contribution in [0, 0.1) is 6.92 Å². The number of rotatable bonds is 4. The van der Waals surface area contributed by atoms with Crippen molar-refractivity contribution in [3.05, 3.63) is 45.0 Å². The second kappa shape index (κ2) is 7.84. The standard InChI is InChI=1S/C21H20BrN5O2S2/c1-11-23-19-17(14-8-21(2,3)29-9-15(14)31-19)18-25-26-20(27(11)18)30-10-16(28)24-13-6-4-12(22)5-7-13/h4-7H,8-10H2,1-3H3,(H,24,28). The Kier molecular flexibility index (Phi) is 5.28. The van der Waals surface area contributed by atoms with Crippen LogP contribution in [-0.2, 0) is 22.6 Å². The Labute approximate surface area is 195 Å². The number of fused-ring (bicyclic) bond motifs is 5. The van der Waals surface area contributed by atoms with Crippen LogP contribution in [0.1, 0.15) is 30.1 Å². The number of hydrogen-bond donors (Lipinski definition) is 1. The van der Waals surface area contributed by atoms with Gasteiger partial charge < -0.3 is 10.1 Å². The lowest BCUT2D eigenvalue weighted by molar-refractivity contribution is -0.113. The predicted octanol–water partition coefficient (Wildman–Crippen LogP) is 4.99. The zero-order valence-electron chi connectivity index (χ0n) is 17.2. The molecule has 1 N–H and O–H groups in total. The van der Waals surface area contributed by atoms with E-state index in [0.29, 0.717) is 11.8 Å². The van der Waals surface area contributed by atoms with Crippen molar-refractivity contribution in [2.45, 2.75) is 44.6 Å². The molecule has 1 aliphatic rings. The van der Waals surface area contributed by atoms with Crippen molar-refractivity contribution in [2.75, 3.05) is 11.1 Å². The number of hydrogen-bond acceptors (Lipinski definition) is 7. The summed E-state index contributed by atoms with van der Waals surface area (Å²) in [6.07, 6.45) is 0.813. The summed E-state index contributed by atoms with van der Waals surface area (Å²) in [4.78, 5) is 19.4. The summed E-state index contributed by atoms with van der Waals surface area (Å²) < 4.78 is 8.90. The van der Waals surface area contributed by atoms with E-state index in [4.69, 9.17) is 9.72 Å². The van der Waals surface area contributed by atoms with E-state index in [1.165, 1.54) is 22.2 Å². The zero-order valence-corrected chi connectivity index (χ0v) is 20.4. The SMILES string of the molecule is Cc1nc2sc3c(c2c2nnc(SCC(=O)Nc4ccc(Br)cc4)n12)CC(C)(C)OC3. The molecule has 160 valence electrons. The summed E-state index contributed by atoms with van der Waals surface area (Å²) in [5.41, 5.74) is 2.60. The maximum atomic E-state index is 12.4. The molecule has 4 aromatic rings. The van der Waals surface area contributed by atoms with Gasteiger partial charge in [-0.05, 0) is 50.6 Å². The number of carbonyl (C=O) groups is 1. The van der Waals surface area contributed by atoms with Gasteiger partial charge in [-0.1, -0.05) is 27.7 Å². The maximum Gasteiger partial charge on any atom is 0.234 e. The molecule has 1 aliphatic heterocycles. The fourth-order valence-electron chi connectivity index (χ4n) is 3.72. The Morgan fingerprint density at radius 2 is 2.10 bits per heavy atom. The minimum Gasteiger partial charge on any atom is -0.370 e. The molecule has 0 saturated heterocycles. The van der Waals surface area contributed by atoms with E-state index in [9.17, 15) is 4.79 Å². The van der Waals surface area contributed by atoms with Crippen LogP contribution < -0.4 is 5.32 Å². The Hall–Kier alpha value is -2.01. The highest BCUT2D eigenvalue weighted by atomic mass is 79.9. The Morgan fingerprint density at radius 3 is 2.87 bits per heavy atom. The number of thioether (sulfide) groups is 1. The van der Waals surface area contributed by atoms with E-state index in [-0.39, 0.29) is 17.3 Å². The lowest BCUT2D eigenvalue weighted by atomic mass is 9.94. The maximum absolute atomic E-state index is 12.4. The number of aryl methyl sites for hydroxylation is 1. The van der Waals surface area contributed by atoms with Crippen LogP contribution in [0.3, 0.4) is 0 Å². The van der Waals surface area contributed by atoms with Crippen molar-refractivity contribution in [3.8, 4) is 0 Å². The topological polar surface area (TPSA) is 81.4 Å². The summed E-state index contributed by atoms with van der Waals surface area (Å²) in [5, 5.41) is 13.5. The van der Waals surface area contributed by atoms with Gasteiger partial charge >= 0.3 is 0 Å². The zero-order chi connectivity index (χ0) is 21.8. The number of nitrogens with zero attached hydrogens (tertiary/aromatic N) is 4. The molecule has 0 unspecified atom stereocenters. The summed E-state index contributed by atoms with van der Waals surface area (Å²) in [7, 11) is 0. The Morgan fingerprint density at radius 1 is 1.32 bits per heavy atom. The molecule has 10 heteroatoms. The third-order valence-corrected chi connectivity index (χ3v) is 7.73. The minimum absolute atomic E-state index is 0.0948. The van der Waals surface area contributed by atoms with Crippen LogP contribution in [0.5, 0.6) is 0 Å². The fraction of sp³-hybridized carbons (Fsp3) is 0.333. The van der Waals surface area contributed by atoms with Gasteiger partial charge in [-0.3, -0.25) is 9.20 Å². The summed E-state index contributed by atoms with van der Waals surface area (Å²) in [5.74, 6) is 0.946. The number of aromatic nitrogens is 4. The number of halogens is 1. The van der Waals surface area contributed by atoms with Crippen LogP contribution in [-0.4, -0.2) is 36.8 Å². The van der Waals surface area contributed by atoms with E-state index in [2.05, 4.69) is 45.3 Å². The molecule has 0 atom stereocenters. The van der Waals surface area contributed by atoms with Crippen molar-refractivity contribution < 1.29 is 9.53 Å². The number of amides is 1. The van der Waals surface area contributed by atoms with Crippen LogP contribution >= 0.6 is 39.0 Å². The number of anilines is 1. The van der Waals surface area contributed by atoms with E-state index in [1.807, 2.05) is 35.6 Å². The summed E-state index contributed by atoms with van der Waals surface area (Å²) >= 11 is 6.42. The molecule has 0 aliphatic carbocycles. The van der Waals surface area contributed by atoms with Crippen molar-refractivity contribution in [3.63, 3.8) is 0 Å². The van der Waals surface area contributed by atoms with Gasteiger partial charge in [-0.15, -0.1) is 21.5 Å². The van der Waals surface area contributed by atoms with Gasteiger partial charge in [0.2, 0.25) is 5.91 Å². The molecule has 7 nitrogen and oxygen atoms in total. The average Bonchev–Trinajstić information content (AvgIpc) is 3.28. The molecule has 0 fully saturated rings. The number of nitrogens with one attached hydrogen (secondary N) is 1. The third-order valence-electron chi connectivity index (χ3n) is 5.17. The number of thiophene rings is 1. The minimum atomic E-state index is -0.217. The van der Waals surface area contributed by atoms with E-state index >= 15 is 0 Å². The van der Waals surface area contributed by atoms with Gasteiger partial charge in [0, 0.05) is 21.5 Å². The largest absolute Gasteiger partial charge is 0.370 e. The molecular formula is C21H20BrN5O2S2. The molecular weight excluding hydrogens is 498 g/mol. The van der Waals surface area contributed by atoms with Crippen LogP contribution in [0.2, 0.25) is 0 Å². The molecule has 0 radical (unpaired) electrons. The van der Waals surface area contributed by atoms with Crippen molar-refractivity contribution in [1.82, 2.24) is 19.6 Å². The number of carbonyl (C=O) groups excluding carboxylic acids is 1. The fourth-order valence-corrected chi connectivity index (χ4v) is 5.91. The van der Waals surface area contributed by atoms with Crippen LogP contribution in [0.15, 0.2) is 33.9 Å². The molecule has 3 aromatic heterocycles. The van der Waals surface area contributed by atoms with Crippen molar-refractivity contribution in [2.24, 2.45) is 0 Å².